The van der Waals surface area contributed by atoms with Crippen LogP contribution in [0, 0.1) is 11.6 Å². The third kappa shape index (κ3) is 2.19. The van der Waals surface area contributed by atoms with Crippen LogP contribution in [-0.4, -0.2) is 5.11 Å². The number of hydrogen-bond acceptors (Lipinski definition) is 2. The molecule has 0 bridgehead atoms. The van der Waals surface area contributed by atoms with Gasteiger partial charge in [0, 0.05) is 23.6 Å². The van der Waals surface area contributed by atoms with E-state index in [4.69, 9.17) is 4.74 Å². The van der Waals surface area contributed by atoms with Crippen LogP contribution >= 0.6 is 0 Å². The molecule has 1 aliphatic rings. The van der Waals surface area contributed by atoms with E-state index in [0.29, 0.717) is 11.3 Å². The lowest BCUT2D eigenvalue weighted by molar-refractivity contribution is 0.0640. The summed E-state index contributed by atoms with van der Waals surface area (Å²) in [6.07, 6.45) is -1.07. The minimum absolute atomic E-state index is 0.250. The van der Waals surface area contributed by atoms with E-state index < -0.39 is 23.8 Å². The van der Waals surface area contributed by atoms with Crippen molar-refractivity contribution in [3.63, 3.8) is 0 Å². The number of halogens is 2. The zero-order chi connectivity index (χ0) is 13.4. The number of fused-ring (bicyclic) bond motifs is 1. The summed E-state index contributed by atoms with van der Waals surface area (Å²) >= 11 is 0. The summed E-state index contributed by atoms with van der Waals surface area (Å²) in [4.78, 5) is 0. The third-order valence-electron chi connectivity index (χ3n) is 3.29. The maximum absolute atomic E-state index is 13.7. The third-order valence-corrected chi connectivity index (χ3v) is 3.29. The van der Waals surface area contributed by atoms with Gasteiger partial charge in [-0.3, -0.25) is 0 Å². The molecule has 1 N–H and O–H groups in total. The topological polar surface area (TPSA) is 29.5 Å². The second-order valence-corrected chi connectivity index (χ2v) is 4.56. The summed E-state index contributed by atoms with van der Waals surface area (Å²) in [5.74, 6) is -0.746. The van der Waals surface area contributed by atoms with Crippen molar-refractivity contribution in [2.45, 2.75) is 18.6 Å². The van der Waals surface area contributed by atoms with Gasteiger partial charge in [-0.05, 0) is 18.2 Å². The summed E-state index contributed by atoms with van der Waals surface area (Å²) in [6, 6.07) is 10.5. The molecule has 3 rings (SSSR count). The Morgan fingerprint density at radius 2 is 1.84 bits per heavy atom. The Balaban J connectivity index is 1.97. The van der Waals surface area contributed by atoms with E-state index in [0.717, 1.165) is 6.07 Å². The maximum Gasteiger partial charge on any atom is 0.133 e. The number of hydrogen-bond donors (Lipinski definition) is 1. The molecule has 2 unspecified atom stereocenters. The highest BCUT2D eigenvalue weighted by Crippen LogP contribution is 2.41. The molecule has 0 aromatic heterocycles. The Hall–Kier alpha value is -1.94. The molecule has 19 heavy (non-hydrogen) atoms. The molecule has 98 valence electrons. The van der Waals surface area contributed by atoms with Crippen molar-refractivity contribution in [2.75, 3.05) is 0 Å². The van der Waals surface area contributed by atoms with Gasteiger partial charge in [-0.15, -0.1) is 0 Å². The molecule has 0 fully saturated rings. The molecule has 2 aromatic carbocycles. The van der Waals surface area contributed by atoms with Gasteiger partial charge < -0.3 is 9.84 Å². The highest BCUT2D eigenvalue weighted by Gasteiger charge is 2.29. The van der Waals surface area contributed by atoms with Crippen molar-refractivity contribution in [3.05, 3.63) is 65.2 Å². The van der Waals surface area contributed by atoms with E-state index in [1.165, 1.54) is 12.1 Å². The van der Waals surface area contributed by atoms with Crippen LogP contribution in [-0.2, 0) is 0 Å². The zero-order valence-electron chi connectivity index (χ0n) is 10.0. The average molecular weight is 262 g/mol. The second kappa shape index (κ2) is 4.63. The summed E-state index contributed by atoms with van der Waals surface area (Å²) < 4.78 is 32.3. The van der Waals surface area contributed by atoms with Gasteiger partial charge in [0.15, 0.2) is 0 Å². The molecule has 2 aromatic rings. The number of aliphatic hydroxyl groups is 1. The first-order valence-corrected chi connectivity index (χ1v) is 6.04. The van der Waals surface area contributed by atoms with E-state index >= 15 is 0 Å². The molecule has 0 spiro atoms. The number of ether oxygens (including phenoxy) is 1. The number of aliphatic hydroxyl groups excluding tert-OH is 1. The van der Waals surface area contributed by atoms with Crippen LogP contribution < -0.4 is 4.74 Å². The molecular weight excluding hydrogens is 250 g/mol. The molecule has 2 nitrogen and oxygen atoms in total. The largest absolute Gasteiger partial charge is 0.485 e. The predicted molar refractivity (Wildman–Crippen MR) is 65.7 cm³/mol. The van der Waals surface area contributed by atoms with Gasteiger partial charge in [0.1, 0.15) is 23.5 Å². The van der Waals surface area contributed by atoms with Gasteiger partial charge in [-0.25, -0.2) is 8.78 Å². The first kappa shape index (κ1) is 12.1. The number of rotatable bonds is 1. The minimum atomic E-state index is -0.709. The second-order valence-electron chi connectivity index (χ2n) is 4.56. The van der Waals surface area contributed by atoms with Crippen molar-refractivity contribution in [3.8, 4) is 5.75 Å². The molecule has 4 heteroatoms. The lowest BCUT2D eigenvalue weighted by Gasteiger charge is -2.30. The highest BCUT2D eigenvalue weighted by atomic mass is 19.1. The van der Waals surface area contributed by atoms with E-state index in [2.05, 4.69) is 0 Å². The fourth-order valence-corrected chi connectivity index (χ4v) is 2.35. The Morgan fingerprint density at radius 1 is 1.05 bits per heavy atom. The maximum atomic E-state index is 13.7. The van der Waals surface area contributed by atoms with Crippen LogP contribution in [0.5, 0.6) is 5.75 Å². The van der Waals surface area contributed by atoms with E-state index in [9.17, 15) is 13.9 Å². The van der Waals surface area contributed by atoms with Crippen molar-refractivity contribution >= 4 is 0 Å². The Bertz CT molecular complexity index is 613. The predicted octanol–water partition coefficient (Wildman–Crippen LogP) is 3.52. The normalized spacial score (nSPS) is 21.6. The first-order valence-electron chi connectivity index (χ1n) is 6.04. The molecule has 1 aliphatic heterocycles. The standard InChI is InChI=1S/C15H12F2O2/c16-9-5-6-10(12(17)7-9)15-8-13(18)11-3-1-2-4-14(11)19-15/h1-7,13,15,18H,8H2. The van der Waals surface area contributed by atoms with Crippen LogP contribution in [0.1, 0.15) is 29.8 Å². The van der Waals surface area contributed by atoms with Gasteiger partial charge in [0.05, 0.1) is 6.10 Å². The number of para-hydroxylation sites is 1. The van der Waals surface area contributed by atoms with Gasteiger partial charge in [0.25, 0.3) is 0 Å². The monoisotopic (exact) mass is 262 g/mol. The number of benzene rings is 2. The molecule has 0 aliphatic carbocycles. The van der Waals surface area contributed by atoms with E-state index in [-0.39, 0.29) is 12.0 Å². The Morgan fingerprint density at radius 3 is 2.63 bits per heavy atom. The molecule has 2 atom stereocenters. The smallest absolute Gasteiger partial charge is 0.133 e. The molecule has 1 heterocycles. The van der Waals surface area contributed by atoms with Crippen molar-refractivity contribution in [1.29, 1.82) is 0 Å². The van der Waals surface area contributed by atoms with Gasteiger partial charge in [0.2, 0.25) is 0 Å². The van der Waals surface area contributed by atoms with E-state index in [1.54, 1.807) is 18.2 Å². The summed E-state index contributed by atoms with van der Waals surface area (Å²) in [7, 11) is 0. The first-order chi connectivity index (χ1) is 9.15. The van der Waals surface area contributed by atoms with E-state index in [1.807, 2.05) is 6.07 Å². The fourth-order valence-electron chi connectivity index (χ4n) is 2.35. The summed E-state index contributed by atoms with van der Waals surface area (Å²) in [5, 5.41) is 10.1. The van der Waals surface area contributed by atoms with Crippen molar-refractivity contribution in [1.82, 2.24) is 0 Å². The fraction of sp³-hybridized carbons (Fsp3) is 0.200. The average Bonchev–Trinajstić information content (AvgIpc) is 2.38. The zero-order valence-corrected chi connectivity index (χ0v) is 10.0. The quantitative estimate of drug-likeness (QED) is 0.852. The molecule has 0 radical (unpaired) electrons. The molecule has 0 saturated heterocycles. The summed E-state index contributed by atoms with van der Waals surface area (Å²) in [5.41, 5.74) is 0.955. The van der Waals surface area contributed by atoms with Crippen LogP contribution in [0.4, 0.5) is 8.78 Å². The van der Waals surface area contributed by atoms with Crippen LogP contribution in [0.25, 0.3) is 0 Å². The van der Waals surface area contributed by atoms with Gasteiger partial charge >= 0.3 is 0 Å². The summed E-state index contributed by atoms with van der Waals surface area (Å²) in [6.45, 7) is 0. The van der Waals surface area contributed by atoms with Gasteiger partial charge in [-0.1, -0.05) is 18.2 Å². The van der Waals surface area contributed by atoms with Crippen LogP contribution in [0.2, 0.25) is 0 Å². The Kier molecular flexibility index (Phi) is 2.95. The van der Waals surface area contributed by atoms with Crippen molar-refractivity contribution in [2.24, 2.45) is 0 Å². The van der Waals surface area contributed by atoms with Crippen molar-refractivity contribution < 1.29 is 18.6 Å². The lowest BCUT2D eigenvalue weighted by Crippen LogP contribution is -2.19. The molecular formula is C15H12F2O2. The molecule has 0 amide bonds. The SMILES string of the molecule is OC1CC(c2ccc(F)cc2F)Oc2ccccc21. The molecule has 0 saturated carbocycles. The lowest BCUT2D eigenvalue weighted by atomic mass is 9.95. The van der Waals surface area contributed by atoms with Gasteiger partial charge in [-0.2, -0.15) is 0 Å². The highest BCUT2D eigenvalue weighted by molar-refractivity contribution is 5.38. The van der Waals surface area contributed by atoms with Crippen LogP contribution in [0.15, 0.2) is 42.5 Å². The minimum Gasteiger partial charge on any atom is -0.485 e. The Labute approximate surface area is 109 Å². The van der Waals surface area contributed by atoms with Crippen LogP contribution in [0.3, 0.4) is 0 Å².